The molecule has 3 atom stereocenters. The summed E-state index contributed by atoms with van der Waals surface area (Å²) in [6, 6.07) is 6.09. The lowest BCUT2D eigenvalue weighted by atomic mass is 9.65. The van der Waals surface area contributed by atoms with Gasteiger partial charge in [-0.05, 0) is 43.7 Å². The number of nitrogens with one attached hydrogen (secondary N) is 1. The Morgan fingerprint density at radius 3 is 2.86 bits per heavy atom. The van der Waals surface area contributed by atoms with Crippen LogP contribution in [-0.2, 0) is 0 Å². The van der Waals surface area contributed by atoms with E-state index in [2.05, 4.69) is 5.32 Å². The van der Waals surface area contributed by atoms with E-state index >= 15 is 0 Å². The highest BCUT2D eigenvalue weighted by Gasteiger charge is 2.47. The highest BCUT2D eigenvalue weighted by atomic mass is 16.7. The van der Waals surface area contributed by atoms with Gasteiger partial charge >= 0.3 is 0 Å². The van der Waals surface area contributed by atoms with Crippen LogP contribution < -0.4 is 14.8 Å². The van der Waals surface area contributed by atoms with Crippen molar-refractivity contribution >= 4 is 5.69 Å². The van der Waals surface area contributed by atoms with Gasteiger partial charge in [0.25, 0.3) is 0 Å². The number of ether oxygens (including phenoxy) is 2. The molecule has 114 valence electrons. The summed E-state index contributed by atoms with van der Waals surface area (Å²) < 4.78 is 10.8. The molecule has 0 saturated heterocycles. The molecule has 4 nitrogen and oxygen atoms in total. The zero-order valence-electron chi connectivity index (χ0n) is 12.3. The largest absolute Gasteiger partial charge is 0.454 e. The number of aliphatic hydroxyl groups is 1. The van der Waals surface area contributed by atoms with E-state index in [0.717, 1.165) is 36.4 Å². The fraction of sp³-hybridized carbons (Fsp3) is 0.647. The third-order valence-electron chi connectivity index (χ3n) is 5.45. The summed E-state index contributed by atoms with van der Waals surface area (Å²) >= 11 is 0. The Bertz CT molecular complexity index is 531. The lowest BCUT2D eigenvalue weighted by Crippen LogP contribution is -2.56. The quantitative estimate of drug-likeness (QED) is 0.877. The summed E-state index contributed by atoms with van der Waals surface area (Å²) in [6.07, 6.45) is 7.94. The molecule has 0 amide bonds. The van der Waals surface area contributed by atoms with Crippen molar-refractivity contribution in [3.63, 3.8) is 0 Å². The van der Waals surface area contributed by atoms with E-state index in [0.29, 0.717) is 12.7 Å². The molecule has 2 fully saturated rings. The molecule has 3 aliphatic rings. The minimum absolute atomic E-state index is 0.150. The second kappa shape index (κ2) is 5.09. The Morgan fingerprint density at radius 2 is 1.90 bits per heavy atom. The molecule has 1 aliphatic heterocycles. The van der Waals surface area contributed by atoms with Gasteiger partial charge in [-0.3, -0.25) is 0 Å². The van der Waals surface area contributed by atoms with E-state index in [1.54, 1.807) is 0 Å². The van der Waals surface area contributed by atoms with Crippen molar-refractivity contribution in [3.8, 4) is 11.5 Å². The molecule has 21 heavy (non-hydrogen) atoms. The topological polar surface area (TPSA) is 50.7 Å². The first-order valence-electron chi connectivity index (χ1n) is 8.14. The average molecular weight is 289 g/mol. The molecule has 1 heterocycles. The van der Waals surface area contributed by atoms with Crippen molar-refractivity contribution in [1.29, 1.82) is 0 Å². The van der Waals surface area contributed by atoms with Gasteiger partial charge in [0.05, 0.1) is 11.6 Å². The molecule has 2 saturated carbocycles. The summed E-state index contributed by atoms with van der Waals surface area (Å²) in [4.78, 5) is 0. The maximum Gasteiger partial charge on any atom is 0.231 e. The fourth-order valence-electron chi connectivity index (χ4n) is 4.31. The van der Waals surface area contributed by atoms with E-state index in [9.17, 15) is 5.11 Å². The van der Waals surface area contributed by atoms with Gasteiger partial charge in [-0.15, -0.1) is 0 Å². The zero-order chi connectivity index (χ0) is 14.3. The van der Waals surface area contributed by atoms with Crippen LogP contribution in [0.15, 0.2) is 18.2 Å². The van der Waals surface area contributed by atoms with Crippen LogP contribution in [0.25, 0.3) is 0 Å². The predicted octanol–water partition coefficient (Wildman–Crippen LogP) is 3.30. The first-order chi connectivity index (χ1) is 10.3. The average Bonchev–Trinajstić information content (AvgIpc) is 2.95. The minimum atomic E-state index is -0.535. The highest BCUT2D eigenvalue weighted by Crippen LogP contribution is 2.45. The Labute approximate surface area is 125 Å². The number of hydrogen-bond acceptors (Lipinski definition) is 4. The number of hydrogen-bond donors (Lipinski definition) is 2. The fourth-order valence-corrected chi connectivity index (χ4v) is 4.31. The molecule has 0 bridgehead atoms. The smallest absolute Gasteiger partial charge is 0.231 e. The summed E-state index contributed by atoms with van der Waals surface area (Å²) in [6.45, 7) is 0.300. The molecule has 1 unspecified atom stereocenters. The van der Waals surface area contributed by atoms with Gasteiger partial charge in [0.15, 0.2) is 11.5 Å². The number of benzene rings is 1. The summed E-state index contributed by atoms with van der Waals surface area (Å²) in [7, 11) is 0. The third-order valence-corrected chi connectivity index (χ3v) is 5.45. The lowest BCUT2D eigenvalue weighted by Gasteiger charge is -2.49. The molecule has 1 aromatic rings. The van der Waals surface area contributed by atoms with E-state index in [1.807, 2.05) is 18.2 Å². The summed E-state index contributed by atoms with van der Waals surface area (Å²) in [5.41, 5.74) is 0.483. The first kappa shape index (κ1) is 13.3. The van der Waals surface area contributed by atoms with Crippen LogP contribution in [0.3, 0.4) is 0 Å². The van der Waals surface area contributed by atoms with Gasteiger partial charge in [0.1, 0.15) is 0 Å². The second-order valence-corrected chi connectivity index (χ2v) is 6.63. The van der Waals surface area contributed by atoms with Gasteiger partial charge in [-0.2, -0.15) is 0 Å². The SMILES string of the molecule is O[C@]12CCCC[C@@H]1CCCC2Nc1ccc2c(c1)OCO2. The number of rotatable bonds is 2. The summed E-state index contributed by atoms with van der Waals surface area (Å²) in [5.74, 6) is 2.06. The van der Waals surface area contributed by atoms with Gasteiger partial charge in [0, 0.05) is 11.8 Å². The van der Waals surface area contributed by atoms with Gasteiger partial charge in [-0.1, -0.05) is 19.3 Å². The van der Waals surface area contributed by atoms with E-state index in [1.165, 1.54) is 25.7 Å². The Morgan fingerprint density at radius 1 is 1.05 bits per heavy atom. The van der Waals surface area contributed by atoms with Crippen molar-refractivity contribution in [2.24, 2.45) is 5.92 Å². The summed E-state index contributed by atoms with van der Waals surface area (Å²) in [5, 5.41) is 14.8. The molecule has 0 spiro atoms. The molecule has 0 radical (unpaired) electrons. The highest BCUT2D eigenvalue weighted by molar-refractivity contribution is 5.56. The van der Waals surface area contributed by atoms with Crippen LogP contribution in [0.1, 0.15) is 44.9 Å². The van der Waals surface area contributed by atoms with Crippen molar-refractivity contribution in [3.05, 3.63) is 18.2 Å². The molecule has 1 aromatic carbocycles. The van der Waals surface area contributed by atoms with Crippen molar-refractivity contribution in [2.75, 3.05) is 12.1 Å². The Hall–Kier alpha value is -1.42. The standard InChI is InChI=1S/C17H23NO3/c19-17-9-2-1-4-12(17)5-3-6-16(17)18-13-7-8-14-15(10-13)21-11-20-14/h7-8,10,12,16,18-19H,1-6,9,11H2/t12-,16?,17-/m1/s1. The second-order valence-electron chi connectivity index (χ2n) is 6.63. The minimum Gasteiger partial charge on any atom is -0.454 e. The van der Waals surface area contributed by atoms with Crippen LogP contribution in [0.4, 0.5) is 5.69 Å². The van der Waals surface area contributed by atoms with Gasteiger partial charge in [0.2, 0.25) is 6.79 Å². The van der Waals surface area contributed by atoms with Gasteiger partial charge in [-0.25, -0.2) is 0 Å². The Balaban J connectivity index is 1.55. The first-order valence-corrected chi connectivity index (χ1v) is 8.14. The molecule has 0 aromatic heterocycles. The molecule has 2 aliphatic carbocycles. The van der Waals surface area contributed by atoms with Crippen molar-refractivity contribution in [1.82, 2.24) is 0 Å². The molecular formula is C17H23NO3. The van der Waals surface area contributed by atoms with Crippen LogP contribution in [-0.4, -0.2) is 23.5 Å². The normalized spacial score (nSPS) is 34.3. The van der Waals surface area contributed by atoms with E-state index in [-0.39, 0.29) is 6.04 Å². The van der Waals surface area contributed by atoms with Crippen molar-refractivity contribution in [2.45, 2.75) is 56.6 Å². The monoisotopic (exact) mass is 289 g/mol. The number of anilines is 1. The number of fused-ring (bicyclic) bond motifs is 2. The maximum atomic E-state index is 11.2. The van der Waals surface area contributed by atoms with Crippen LogP contribution >= 0.6 is 0 Å². The predicted molar refractivity (Wildman–Crippen MR) is 80.7 cm³/mol. The Kier molecular flexibility index (Phi) is 3.21. The van der Waals surface area contributed by atoms with E-state index in [4.69, 9.17) is 9.47 Å². The lowest BCUT2D eigenvalue weighted by molar-refractivity contribution is -0.0835. The van der Waals surface area contributed by atoms with E-state index < -0.39 is 5.60 Å². The van der Waals surface area contributed by atoms with Gasteiger partial charge < -0.3 is 19.9 Å². The molecule has 4 heteroatoms. The molecule has 4 rings (SSSR count). The third kappa shape index (κ3) is 2.26. The van der Waals surface area contributed by atoms with Crippen molar-refractivity contribution < 1.29 is 14.6 Å². The van der Waals surface area contributed by atoms with Crippen LogP contribution in [0.5, 0.6) is 11.5 Å². The maximum absolute atomic E-state index is 11.2. The van der Waals surface area contributed by atoms with Crippen LogP contribution in [0.2, 0.25) is 0 Å². The molecule has 2 N–H and O–H groups in total. The zero-order valence-corrected chi connectivity index (χ0v) is 12.3. The van der Waals surface area contributed by atoms with Crippen LogP contribution in [0, 0.1) is 5.92 Å². The molecular weight excluding hydrogens is 266 g/mol.